The van der Waals surface area contributed by atoms with Gasteiger partial charge in [0.1, 0.15) is 17.1 Å². The molecule has 0 aliphatic rings. The Morgan fingerprint density at radius 2 is 1.83 bits per heavy atom. The number of rotatable bonds is 7. The van der Waals surface area contributed by atoms with Crippen molar-refractivity contribution in [1.82, 2.24) is 9.38 Å². The van der Waals surface area contributed by atoms with Gasteiger partial charge in [0.2, 0.25) is 0 Å². The van der Waals surface area contributed by atoms with Crippen LogP contribution < -0.4 is 15.0 Å². The zero-order valence-corrected chi connectivity index (χ0v) is 16.5. The van der Waals surface area contributed by atoms with Crippen LogP contribution in [-0.4, -0.2) is 34.7 Å². The Morgan fingerprint density at radius 3 is 2.41 bits per heavy atom. The molecule has 1 N–H and O–H groups in total. The lowest BCUT2D eigenvalue weighted by atomic mass is 10.1. The number of carboxylic acids is 1. The summed E-state index contributed by atoms with van der Waals surface area (Å²) < 4.78 is 11.9. The van der Waals surface area contributed by atoms with E-state index in [1.807, 2.05) is 25.1 Å². The van der Waals surface area contributed by atoms with E-state index in [9.17, 15) is 14.7 Å². The number of hydrogen-bond donors (Lipinski definition) is 1. The summed E-state index contributed by atoms with van der Waals surface area (Å²) in [4.78, 5) is 28.8. The van der Waals surface area contributed by atoms with E-state index in [0.29, 0.717) is 34.8 Å². The predicted molar refractivity (Wildman–Crippen MR) is 111 cm³/mol. The van der Waals surface area contributed by atoms with Crippen LogP contribution in [-0.2, 0) is 6.42 Å². The van der Waals surface area contributed by atoms with Crippen LogP contribution in [0.2, 0.25) is 0 Å². The molecule has 0 aliphatic carbocycles. The largest absolute Gasteiger partial charge is 0.497 e. The molecule has 2 aromatic heterocycles. The van der Waals surface area contributed by atoms with Gasteiger partial charge in [-0.25, -0.2) is 9.78 Å². The van der Waals surface area contributed by atoms with Crippen molar-refractivity contribution in [1.29, 1.82) is 0 Å². The molecule has 0 spiro atoms. The molecule has 0 aliphatic heterocycles. The Balaban J connectivity index is 2.12. The second-order valence-electron chi connectivity index (χ2n) is 6.46. The normalized spacial score (nSPS) is 11.1. The van der Waals surface area contributed by atoms with Gasteiger partial charge in [-0.05, 0) is 42.3 Å². The highest BCUT2D eigenvalue weighted by Gasteiger charge is 2.12. The molecule has 0 bridgehead atoms. The van der Waals surface area contributed by atoms with Crippen molar-refractivity contribution in [2.24, 2.45) is 0 Å². The number of methoxy groups -OCH3 is 2. The minimum absolute atomic E-state index is 0.0376. The fourth-order valence-corrected chi connectivity index (χ4v) is 3.04. The summed E-state index contributed by atoms with van der Waals surface area (Å²) >= 11 is 0. The number of pyridine rings is 1. The molecular formula is C22H22N2O5. The second-order valence-corrected chi connectivity index (χ2v) is 6.46. The van der Waals surface area contributed by atoms with Gasteiger partial charge in [-0.15, -0.1) is 0 Å². The minimum Gasteiger partial charge on any atom is -0.497 e. The number of carbonyl (C=O) groups is 1. The molecule has 29 heavy (non-hydrogen) atoms. The van der Waals surface area contributed by atoms with Crippen LogP contribution in [0.3, 0.4) is 0 Å². The van der Waals surface area contributed by atoms with Crippen molar-refractivity contribution in [3.63, 3.8) is 0 Å². The Labute approximate surface area is 167 Å². The number of ether oxygens (including phenoxy) is 2. The number of aromatic nitrogens is 2. The molecular weight excluding hydrogens is 372 g/mol. The fraction of sp³-hybridized carbons (Fsp3) is 0.227. The molecule has 0 unspecified atom stereocenters. The van der Waals surface area contributed by atoms with Crippen LogP contribution in [0.5, 0.6) is 11.5 Å². The first-order valence-corrected chi connectivity index (χ1v) is 9.16. The predicted octanol–water partition coefficient (Wildman–Crippen LogP) is 3.53. The highest BCUT2D eigenvalue weighted by molar-refractivity contribution is 5.87. The first-order chi connectivity index (χ1) is 14.0. The lowest BCUT2D eigenvalue weighted by molar-refractivity contribution is 0.0696. The van der Waals surface area contributed by atoms with Gasteiger partial charge in [-0.1, -0.05) is 19.4 Å². The van der Waals surface area contributed by atoms with Gasteiger partial charge in [0.25, 0.3) is 5.56 Å². The maximum atomic E-state index is 13.0. The average molecular weight is 394 g/mol. The van der Waals surface area contributed by atoms with Gasteiger partial charge in [-0.3, -0.25) is 9.20 Å². The standard InChI is InChI=1S/C22H22N2O5/c1-4-5-18-19(8-6-14-10-16(28-2)12-17(11-14)29-3)23-20-9-7-15(22(26)27)13-24(20)21(18)25/h6-13H,4-5H2,1-3H3,(H,26,27). The molecule has 150 valence electrons. The second kappa shape index (κ2) is 8.60. The maximum Gasteiger partial charge on any atom is 0.337 e. The van der Waals surface area contributed by atoms with Gasteiger partial charge in [-0.2, -0.15) is 0 Å². The molecule has 0 radical (unpaired) electrons. The van der Waals surface area contributed by atoms with Gasteiger partial charge >= 0.3 is 5.97 Å². The maximum absolute atomic E-state index is 13.0. The summed E-state index contributed by atoms with van der Waals surface area (Å²) in [7, 11) is 3.16. The third-order valence-electron chi connectivity index (χ3n) is 4.50. The Morgan fingerprint density at radius 1 is 1.14 bits per heavy atom. The average Bonchev–Trinajstić information content (AvgIpc) is 2.73. The molecule has 0 saturated heterocycles. The quantitative estimate of drug-likeness (QED) is 0.659. The lowest BCUT2D eigenvalue weighted by Gasteiger charge is -2.09. The fourth-order valence-electron chi connectivity index (χ4n) is 3.04. The number of fused-ring (bicyclic) bond motifs is 1. The van der Waals surface area contributed by atoms with Crippen molar-refractivity contribution in [3.05, 3.63) is 69.3 Å². The van der Waals surface area contributed by atoms with E-state index in [1.165, 1.54) is 22.7 Å². The molecule has 2 heterocycles. The molecule has 0 fully saturated rings. The number of carboxylic acid groups (broad SMARTS) is 1. The number of hydrogen-bond acceptors (Lipinski definition) is 5. The highest BCUT2D eigenvalue weighted by Crippen LogP contribution is 2.24. The van der Waals surface area contributed by atoms with E-state index >= 15 is 0 Å². The summed E-state index contributed by atoms with van der Waals surface area (Å²) in [5.74, 6) is 0.225. The van der Waals surface area contributed by atoms with Gasteiger partial charge in [0.05, 0.1) is 25.5 Å². The van der Waals surface area contributed by atoms with Crippen molar-refractivity contribution in [3.8, 4) is 11.5 Å². The molecule has 1 aromatic carbocycles. The number of benzene rings is 1. The molecule has 0 saturated carbocycles. The van der Waals surface area contributed by atoms with Crippen LogP contribution in [0.1, 0.15) is 40.5 Å². The number of nitrogens with zero attached hydrogens (tertiary/aromatic N) is 2. The van der Waals surface area contributed by atoms with Crippen LogP contribution >= 0.6 is 0 Å². The highest BCUT2D eigenvalue weighted by atomic mass is 16.5. The van der Waals surface area contributed by atoms with Crippen LogP contribution in [0, 0.1) is 0 Å². The third kappa shape index (κ3) is 4.29. The van der Waals surface area contributed by atoms with E-state index in [-0.39, 0.29) is 11.1 Å². The van der Waals surface area contributed by atoms with Crippen molar-refractivity contribution >= 4 is 23.8 Å². The molecule has 7 nitrogen and oxygen atoms in total. The van der Waals surface area contributed by atoms with E-state index < -0.39 is 5.97 Å². The van der Waals surface area contributed by atoms with E-state index in [1.54, 1.807) is 26.4 Å². The molecule has 3 rings (SSSR count). The van der Waals surface area contributed by atoms with Crippen molar-refractivity contribution < 1.29 is 19.4 Å². The van der Waals surface area contributed by atoms with Gasteiger partial charge in [0.15, 0.2) is 0 Å². The smallest absolute Gasteiger partial charge is 0.337 e. The van der Waals surface area contributed by atoms with Gasteiger partial charge in [0, 0.05) is 17.8 Å². The monoisotopic (exact) mass is 394 g/mol. The van der Waals surface area contributed by atoms with Crippen molar-refractivity contribution in [2.75, 3.05) is 14.2 Å². The first-order valence-electron chi connectivity index (χ1n) is 9.16. The third-order valence-corrected chi connectivity index (χ3v) is 4.50. The lowest BCUT2D eigenvalue weighted by Crippen LogP contribution is -2.22. The van der Waals surface area contributed by atoms with Crippen molar-refractivity contribution in [2.45, 2.75) is 19.8 Å². The minimum atomic E-state index is -1.09. The van der Waals surface area contributed by atoms with E-state index in [4.69, 9.17) is 9.47 Å². The SMILES string of the molecule is CCCc1c(C=Cc2cc(OC)cc(OC)c2)nc2ccc(C(=O)O)cn2c1=O. The summed E-state index contributed by atoms with van der Waals surface area (Å²) in [5, 5.41) is 9.19. The van der Waals surface area contributed by atoms with Crippen LogP contribution in [0.4, 0.5) is 0 Å². The zero-order valence-electron chi connectivity index (χ0n) is 16.5. The van der Waals surface area contributed by atoms with E-state index in [0.717, 1.165) is 12.0 Å². The van der Waals surface area contributed by atoms with Crippen LogP contribution in [0.15, 0.2) is 41.3 Å². The van der Waals surface area contributed by atoms with E-state index in [2.05, 4.69) is 4.98 Å². The zero-order chi connectivity index (χ0) is 21.0. The summed E-state index contributed by atoms with van der Waals surface area (Å²) in [5.41, 5.74) is 2.10. The van der Waals surface area contributed by atoms with Crippen LogP contribution in [0.25, 0.3) is 17.8 Å². The molecule has 0 atom stereocenters. The summed E-state index contributed by atoms with van der Waals surface area (Å²) in [6, 6.07) is 8.45. The Hall–Kier alpha value is -3.61. The molecule has 0 amide bonds. The topological polar surface area (TPSA) is 90.1 Å². The molecule has 3 aromatic rings. The first kappa shape index (κ1) is 20.1. The molecule has 7 heteroatoms. The van der Waals surface area contributed by atoms with Gasteiger partial charge < -0.3 is 14.6 Å². The summed E-state index contributed by atoms with van der Waals surface area (Å²) in [6.07, 6.45) is 6.23. The number of aromatic carboxylic acids is 1. The summed E-state index contributed by atoms with van der Waals surface area (Å²) in [6.45, 7) is 1.97. The Kier molecular flexibility index (Phi) is 5.97. The Bertz CT molecular complexity index is 1130.